The van der Waals surface area contributed by atoms with Crippen LogP contribution in [0.25, 0.3) is 0 Å². The van der Waals surface area contributed by atoms with Crippen molar-refractivity contribution in [2.75, 3.05) is 0 Å². The molecule has 0 aromatic heterocycles. The Hall–Kier alpha value is 0.530. The van der Waals surface area contributed by atoms with Crippen molar-refractivity contribution < 1.29 is 14.6 Å². The minimum atomic E-state index is -1.13. The van der Waals surface area contributed by atoms with E-state index in [-0.39, 0.29) is 43.8 Å². The van der Waals surface area contributed by atoms with Gasteiger partial charge in [-0.1, -0.05) is 27.2 Å². The van der Waals surface area contributed by atoms with E-state index in [1.807, 2.05) is 0 Å². The van der Waals surface area contributed by atoms with E-state index in [9.17, 15) is 4.79 Å². The van der Waals surface area contributed by atoms with Gasteiger partial charge in [0.2, 0.25) is 0 Å². The molecular formula is C11H22CaO3. The van der Waals surface area contributed by atoms with E-state index in [4.69, 9.17) is 9.84 Å². The Balaban J connectivity index is 0.00000196. The van der Waals surface area contributed by atoms with Gasteiger partial charge in [-0.15, -0.1) is 0 Å². The fraction of sp³-hybridized carbons (Fsp3) is 0.909. The SMILES string of the molecule is CC(C)[C@@H]1CC[C@@H](C)C[C@H]1OC(=O)O.[CaH2]. The molecule has 3 atom stereocenters. The topological polar surface area (TPSA) is 46.5 Å². The van der Waals surface area contributed by atoms with E-state index in [0.29, 0.717) is 17.8 Å². The van der Waals surface area contributed by atoms with Gasteiger partial charge in [0.05, 0.1) is 0 Å². The molecule has 1 rings (SSSR count). The third-order valence-electron chi connectivity index (χ3n) is 3.21. The Morgan fingerprint density at radius 3 is 2.47 bits per heavy atom. The van der Waals surface area contributed by atoms with Gasteiger partial charge >= 0.3 is 43.9 Å². The van der Waals surface area contributed by atoms with Gasteiger partial charge in [0.15, 0.2) is 0 Å². The van der Waals surface area contributed by atoms with Crippen molar-refractivity contribution in [1.82, 2.24) is 0 Å². The van der Waals surface area contributed by atoms with Crippen molar-refractivity contribution in [2.45, 2.75) is 46.1 Å². The van der Waals surface area contributed by atoms with E-state index >= 15 is 0 Å². The number of ether oxygens (including phenoxy) is 1. The summed E-state index contributed by atoms with van der Waals surface area (Å²) in [6.07, 6.45) is 1.96. The van der Waals surface area contributed by atoms with Gasteiger partial charge in [0.25, 0.3) is 0 Å². The quantitative estimate of drug-likeness (QED) is 0.596. The standard InChI is InChI=1S/C11H20O3.Ca.2H/c1-7(2)9-5-4-8(3)6-10(9)14-11(12)13;;;/h7-10H,4-6H2,1-3H3,(H,12,13);;;/t8-,9+,10-;;;/m1.../s1. The summed E-state index contributed by atoms with van der Waals surface area (Å²) < 4.78 is 4.95. The van der Waals surface area contributed by atoms with Crippen molar-refractivity contribution in [3.05, 3.63) is 0 Å². The molecule has 0 aliphatic heterocycles. The van der Waals surface area contributed by atoms with Crippen LogP contribution in [-0.4, -0.2) is 55.1 Å². The molecular weight excluding hydrogens is 220 g/mol. The molecule has 15 heavy (non-hydrogen) atoms. The monoisotopic (exact) mass is 242 g/mol. The van der Waals surface area contributed by atoms with Gasteiger partial charge in [-0.3, -0.25) is 0 Å². The summed E-state index contributed by atoms with van der Waals surface area (Å²) in [6.45, 7) is 6.44. The van der Waals surface area contributed by atoms with Crippen molar-refractivity contribution in [2.24, 2.45) is 17.8 Å². The Labute approximate surface area is 122 Å². The fourth-order valence-electron chi connectivity index (χ4n) is 2.38. The Morgan fingerprint density at radius 1 is 1.40 bits per heavy atom. The van der Waals surface area contributed by atoms with Crippen LogP contribution < -0.4 is 0 Å². The zero-order valence-corrected chi connectivity index (χ0v) is 9.19. The molecule has 0 amide bonds. The molecule has 1 saturated carbocycles. The van der Waals surface area contributed by atoms with Crippen molar-refractivity contribution >= 4 is 43.9 Å². The number of carboxylic acid groups (broad SMARTS) is 1. The normalized spacial score (nSPS) is 30.8. The first-order valence-electron chi connectivity index (χ1n) is 5.40. The second kappa shape index (κ2) is 6.97. The van der Waals surface area contributed by atoms with Crippen LogP contribution in [0.15, 0.2) is 0 Å². The maximum atomic E-state index is 10.5. The summed E-state index contributed by atoms with van der Waals surface area (Å²) in [5.74, 6) is 1.50. The second-order valence-corrected chi connectivity index (χ2v) is 4.75. The molecule has 86 valence electrons. The molecule has 0 aromatic rings. The third-order valence-corrected chi connectivity index (χ3v) is 3.21. The average molecular weight is 242 g/mol. The summed E-state index contributed by atoms with van der Waals surface area (Å²) in [6, 6.07) is 0. The van der Waals surface area contributed by atoms with Crippen LogP contribution in [0.5, 0.6) is 0 Å². The zero-order valence-electron chi connectivity index (χ0n) is 9.19. The molecule has 0 spiro atoms. The number of hydrogen-bond acceptors (Lipinski definition) is 2. The predicted octanol–water partition coefficient (Wildman–Crippen LogP) is 2.23. The van der Waals surface area contributed by atoms with Gasteiger partial charge in [0, 0.05) is 0 Å². The van der Waals surface area contributed by atoms with Gasteiger partial charge in [-0.25, -0.2) is 4.79 Å². The van der Waals surface area contributed by atoms with Crippen molar-refractivity contribution in [3.8, 4) is 0 Å². The van der Waals surface area contributed by atoms with Gasteiger partial charge < -0.3 is 9.84 Å². The molecule has 1 fully saturated rings. The van der Waals surface area contributed by atoms with Crippen LogP contribution in [0.2, 0.25) is 0 Å². The summed E-state index contributed by atoms with van der Waals surface area (Å²) in [4.78, 5) is 10.5. The zero-order chi connectivity index (χ0) is 10.7. The van der Waals surface area contributed by atoms with E-state index in [2.05, 4.69) is 20.8 Å². The summed E-state index contributed by atoms with van der Waals surface area (Å²) >= 11 is 0. The first-order valence-corrected chi connectivity index (χ1v) is 5.40. The Bertz CT molecular complexity index is 206. The number of carbonyl (C=O) groups is 1. The molecule has 0 heterocycles. The average Bonchev–Trinajstić information content (AvgIpc) is 2.01. The number of rotatable bonds is 2. The summed E-state index contributed by atoms with van der Waals surface area (Å²) in [5, 5.41) is 8.63. The molecule has 0 bridgehead atoms. The van der Waals surface area contributed by atoms with Gasteiger partial charge in [-0.2, -0.15) is 0 Å². The van der Waals surface area contributed by atoms with Crippen LogP contribution in [-0.2, 0) is 4.74 Å². The molecule has 1 aliphatic rings. The summed E-state index contributed by atoms with van der Waals surface area (Å²) in [5.41, 5.74) is 0. The van der Waals surface area contributed by atoms with Crippen LogP contribution >= 0.6 is 0 Å². The third kappa shape index (κ3) is 4.92. The molecule has 1 N–H and O–H groups in total. The molecule has 0 aromatic carbocycles. The van der Waals surface area contributed by atoms with Crippen LogP contribution in [0.3, 0.4) is 0 Å². The first kappa shape index (κ1) is 15.5. The van der Waals surface area contributed by atoms with Crippen molar-refractivity contribution in [1.29, 1.82) is 0 Å². The van der Waals surface area contributed by atoms with E-state index in [1.165, 1.54) is 6.42 Å². The Morgan fingerprint density at radius 2 is 2.00 bits per heavy atom. The molecule has 0 unspecified atom stereocenters. The van der Waals surface area contributed by atoms with Gasteiger partial charge in [-0.05, 0) is 30.6 Å². The van der Waals surface area contributed by atoms with Crippen molar-refractivity contribution in [3.63, 3.8) is 0 Å². The van der Waals surface area contributed by atoms with E-state index in [1.54, 1.807) is 0 Å². The van der Waals surface area contributed by atoms with Gasteiger partial charge in [0.1, 0.15) is 6.10 Å². The van der Waals surface area contributed by atoms with Crippen LogP contribution in [0.4, 0.5) is 4.79 Å². The molecule has 0 saturated heterocycles. The van der Waals surface area contributed by atoms with E-state index < -0.39 is 6.16 Å². The van der Waals surface area contributed by atoms with Crippen LogP contribution in [0.1, 0.15) is 40.0 Å². The molecule has 0 radical (unpaired) electrons. The van der Waals surface area contributed by atoms with Crippen LogP contribution in [0, 0.1) is 17.8 Å². The first-order chi connectivity index (χ1) is 6.50. The predicted molar refractivity (Wildman–Crippen MR) is 62.8 cm³/mol. The van der Waals surface area contributed by atoms with E-state index in [0.717, 1.165) is 12.8 Å². The second-order valence-electron chi connectivity index (χ2n) is 4.75. The maximum absolute atomic E-state index is 10.5. The summed E-state index contributed by atoms with van der Waals surface area (Å²) in [7, 11) is 0. The molecule has 3 nitrogen and oxygen atoms in total. The minimum absolute atomic E-state index is 0. The Kier molecular flexibility index (Phi) is 7.22. The molecule has 1 aliphatic carbocycles. The fourth-order valence-corrected chi connectivity index (χ4v) is 2.38. The number of hydrogen-bond donors (Lipinski definition) is 1. The molecule has 4 heteroatoms.